The molecule has 1 atom stereocenters. The van der Waals surface area contributed by atoms with E-state index >= 15 is 0 Å². The molecule has 1 heterocycles. The van der Waals surface area contributed by atoms with Gasteiger partial charge in [0.2, 0.25) is 0 Å². The highest BCUT2D eigenvalue weighted by molar-refractivity contribution is 5.99. The van der Waals surface area contributed by atoms with E-state index in [0.29, 0.717) is 17.2 Å². The van der Waals surface area contributed by atoms with Gasteiger partial charge in [0.25, 0.3) is 5.91 Å². The molecular weight excluding hydrogens is 231 g/mol. The lowest BCUT2D eigenvalue weighted by Gasteiger charge is -2.31. The molecule has 1 aliphatic rings. The first-order valence-corrected chi connectivity index (χ1v) is 6.39. The minimum absolute atomic E-state index is 0.0783. The van der Waals surface area contributed by atoms with Crippen LogP contribution in [0.3, 0.4) is 0 Å². The Hall–Kier alpha value is -1.58. The molecular formula is C14H19FN2O. The Bertz CT molecular complexity index is 447. The molecule has 98 valence electrons. The lowest BCUT2D eigenvalue weighted by atomic mass is 9.99. The molecule has 4 heteroatoms. The molecule has 0 saturated carbocycles. The highest BCUT2D eigenvalue weighted by Crippen LogP contribution is 2.23. The quantitative estimate of drug-likeness (QED) is 0.875. The molecule has 1 unspecified atom stereocenters. The Morgan fingerprint density at radius 3 is 2.94 bits per heavy atom. The van der Waals surface area contributed by atoms with E-state index in [1.165, 1.54) is 6.07 Å². The van der Waals surface area contributed by atoms with Crippen molar-refractivity contribution in [1.29, 1.82) is 0 Å². The van der Waals surface area contributed by atoms with E-state index in [4.69, 9.17) is 0 Å². The summed E-state index contributed by atoms with van der Waals surface area (Å²) in [5.74, 6) is 0.0631. The number of likely N-dealkylation sites (tertiary alicyclic amines) is 1. The first kappa shape index (κ1) is 12.9. The summed E-state index contributed by atoms with van der Waals surface area (Å²) < 4.78 is 13.6. The number of nitrogens with one attached hydrogen (secondary N) is 1. The van der Waals surface area contributed by atoms with E-state index in [-0.39, 0.29) is 11.7 Å². The maximum atomic E-state index is 13.6. The molecule has 3 nitrogen and oxygen atoms in total. The van der Waals surface area contributed by atoms with Crippen LogP contribution in [0.4, 0.5) is 10.1 Å². The Balaban J connectivity index is 2.25. The minimum Gasteiger partial charge on any atom is -0.385 e. The van der Waals surface area contributed by atoms with Gasteiger partial charge in [-0.25, -0.2) is 4.39 Å². The molecule has 0 spiro atoms. The minimum atomic E-state index is -0.381. The highest BCUT2D eigenvalue weighted by Gasteiger charge is 2.24. The third kappa shape index (κ3) is 2.47. The van der Waals surface area contributed by atoms with Gasteiger partial charge in [0.15, 0.2) is 0 Å². The molecule has 1 aliphatic heterocycles. The summed E-state index contributed by atoms with van der Waals surface area (Å²) in [6, 6.07) is 4.62. The number of carbonyl (C=O) groups excluding carboxylic acids is 1. The first-order valence-electron chi connectivity index (χ1n) is 6.39. The number of rotatable bonds is 2. The van der Waals surface area contributed by atoms with E-state index in [0.717, 1.165) is 25.9 Å². The molecule has 1 aromatic rings. The van der Waals surface area contributed by atoms with Crippen LogP contribution in [0.5, 0.6) is 0 Å². The number of benzene rings is 1. The van der Waals surface area contributed by atoms with Crippen LogP contribution in [-0.4, -0.2) is 30.9 Å². The topological polar surface area (TPSA) is 32.3 Å². The van der Waals surface area contributed by atoms with Gasteiger partial charge < -0.3 is 10.2 Å². The monoisotopic (exact) mass is 250 g/mol. The number of piperidine rings is 1. The highest BCUT2D eigenvalue weighted by atomic mass is 19.1. The van der Waals surface area contributed by atoms with Gasteiger partial charge in [-0.2, -0.15) is 0 Å². The van der Waals surface area contributed by atoms with Gasteiger partial charge in [-0.05, 0) is 30.9 Å². The lowest BCUT2D eigenvalue weighted by molar-refractivity contribution is 0.0683. The van der Waals surface area contributed by atoms with Crippen LogP contribution in [0.15, 0.2) is 18.2 Å². The van der Waals surface area contributed by atoms with Crippen LogP contribution in [-0.2, 0) is 0 Å². The number of carbonyl (C=O) groups is 1. The van der Waals surface area contributed by atoms with Gasteiger partial charge in [0, 0.05) is 20.1 Å². The molecule has 0 aromatic heterocycles. The lowest BCUT2D eigenvalue weighted by Crippen LogP contribution is -2.39. The summed E-state index contributed by atoms with van der Waals surface area (Å²) >= 11 is 0. The Morgan fingerprint density at radius 1 is 1.50 bits per heavy atom. The molecule has 1 aromatic carbocycles. The molecule has 0 bridgehead atoms. The van der Waals surface area contributed by atoms with E-state index in [1.807, 2.05) is 4.90 Å². The number of amides is 1. The molecule has 2 rings (SSSR count). The van der Waals surface area contributed by atoms with Crippen molar-refractivity contribution in [3.8, 4) is 0 Å². The largest absolute Gasteiger partial charge is 0.385 e. The average molecular weight is 250 g/mol. The normalized spacial score (nSPS) is 19.7. The predicted molar refractivity (Wildman–Crippen MR) is 70.2 cm³/mol. The number of hydrogen-bond donors (Lipinski definition) is 1. The standard InChI is InChI=1S/C14H19FN2O/c1-10-5-4-8-17(9-10)14(18)11-6-3-7-12(15)13(11)16-2/h3,6-7,10,16H,4-5,8-9H2,1-2H3. The number of para-hydroxylation sites is 1. The zero-order valence-corrected chi connectivity index (χ0v) is 10.9. The molecule has 1 fully saturated rings. The summed E-state index contributed by atoms with van der Waals surface area (Å²) in [5.41, 5.74) is 0.715. The average Bonchev–Trinajstić information content (AvgIpc) is 2.37. The van der Waals surface area contributed by atoms with Crippen molar-refractivity contribution in [3.05, 3.63) is 29.6 Å². The smallest absolute Gasteiger partial charge is 0.256 e. The van der Waals surface area contributed by atoms with Crippen LogP contribution in [0, 0.1) is 11.7 Å². The van der Waals surface area contributed by atoms with Crippen LogP contribution in [0.2, 0.25) is 0 Å². The predicted octanol–water partition coefficient (Wildman–Crippen LogP) is 2.74. The summed E-state index contributed by atoms with van der Waals surface area (Å²) in [6.45, 7) is 3.67. The Kier molecular flexibility index (Phi) is 3.84. The van der Waals surface area contributed by atoms with Crippen molar-refractivity contribution in [2.75, 3.05) is 25.5 Å². The summed E-state index contributed by atoms with van der Waals surface area (Å²) in [5, 5.41) is 2.77. The van der Waals surface area contributed by atoms with E-state index in [2.05, 4.69) is 12.2 Å². The van der Waals surface area contributed by atoms with E-state index < -0.39 is 0 Å². The van der Waals surface area contributed by atoms with Crippen molar-refractivity contribution in [1.82, 2.24) is 4.90 Å². The van der Waals surface area contributed by atoms with Gasteiger partial charge in [-0.1, -0.05) is 13.0 Å². The third-order valence-corrected chi connectivity index (χ3v) is 3.44. The molecule has 0 radical (unpaired) electrons. The van der Waals surface area contributed by atoms with Crippen molar-refractivity contribution < 1.29 is 9.18 Å². The Morgan fingerprint density at radius 2 is 2.28 bits per heavy atom. The second-order valence-electron chi connectivity index (χ2n) is 4.91. The molecule has 1 saturated heterocycles. The molecule has 1 amide bonds. The fourth-order valence-corrected chi connectivity index (χ4v) is 2.50. The Labute approximate surface area is 107 Å². The van der Waals surface area contributed by atoms with E-state index in [1.54, 1.807) is 19.2 Å². The summed E-state index contributed by atoms with van der Waals surface area (Å²) in [4.78, 5) is 14.2. The first-order chi connectivity index (χ1) is 8.63. The van der Waals surface area contributed by atoms with Crippen LogP contribution in [0.25, 0.3) is 0 Å². The number of halogens is 1. The fraction of sp³-hybridized carbons (Fsp3) is 0.500. The van der Waals surface area contributed by atoms with Crippen LogP contribution >= 0.6 is 0 Å². The van der Waals surface area contributed by atoms with Crippen molar-refractivity contribution in [2.24, 2.45) is 5.92 Å². The third-order valence-electron chi connectivity index (χ3n) is 3.44. The zero-order chi connectivity index (χ0) is 13.1. The van der Waals surface area contributed by atoms with Crippen molar-refractivity contribution in [2.45, 2.75) is 19.8 Å². The van der Waals surface area contributed by atoms with Gasteiger partial charge in [-0.3, -0.25) is 4.79 Å². The number of hydrogen-bond acceptors (Lipinski definition) is 2. The molecule has 1 N–H and O–H groups in total. The molecule has 18 heavy (non-hydrogen) atoms. The SMILES string of the molecule is CNc1c(F)cccc1C(=O)N1CCCC(C)C1. The summed E-state index contributed by atoms with van der Waals surface area (Å²) in [6.07, 6.45) is 2.18. The second kappa shape index (κ2) is 5.38. The maximum absolute atomic E-state index is 13.6. The van der Waals surface area contributed by atoms with E-state index in [9.17, 15) is 9.18 Å². The zero-order valence-electron chi connectivity index (χ0n) is 10.9. The summed E-state index contributed by atoms with van der Waals surface area (Å²) in [7, 11) is 1.63. The molecule has 0 aliphatic carbocycles. The second-order valence-corrected chi connectivity index (χ2v) is 4.91. The van der Waals surface area contributed by atoms with Crippen LogP contribution < -0.4 is 5.32 Å². The number of anilines is 1. The van der Waals surface area contributed by atoms with Crippen molar-refractivity contribution in [3.63, 3.8) is 0 Å². The van der Waals surface area contributed by atoms with Crippen LogP contribution in [0.1, 0.15) is 30.1 Å². The van der Waals surface area contributed by atoms with Crippen molar-refractivity contribution >= 4 is 11.6 Å². The van der Waals surface area contributed by atoms with Gasteiger partial charge in [-0.15, -0.1) is 0 Å². The van der Waals surface area contributed by atoms with Gasteiger partial charge in [0.1, 0.15) is 5.82 Å². The van der Waals surface area contributed by atoms with Gasteiger partial charge in [0.05, 0.1) is 11.3 Å². The van der Waals surface area contributed by atoms with Gasteiger partial charge >= 0.3 is 0 Å². The maximum Gasteiger partial charge on any atom is 0.256 e. The fourth-order valence-electron chi connectivity index (χ4n) is 2.50. The number of nitrogens with zero attached hydrogens (tertiary/aromatic N) is 1.